The van der Waals surface area contributed by atoms with Crippen LogP contribution in [0.4, 0.5) is 0 Å². The third kappa shape index (κ3) is 6.92. The lowest BCUT2D eigenvalue weighted by Gasteiger charge is -2.38. The molecular weight excluding hydrogens is 455 g/mol. The largest absolute Gasteiger partial charge is 0.345 e. The van der Waals surface area contributed by atoms with E-state index in [9.17, 15) is 9.59 Å². The molecule has 0 aliphatic carbocycles. The number of nitrogens with one attached hydrogen (secondary N) is 1. The molecule has 1 amide bonds. The minimum absolute atomic E-state index is 0.102. The second kappa shape index (κ2) is 12.4. The molecule has 1 unspecified atom stereocenters. The SMILES string of the molecule is C=C(CC(CCC)N1CCC(c2ccccc2)CC1)C(=O)CNC(=O)c1cccc(Cl)c1Cl. The average Bonchev–Trinajstić information content (AvgIpc) is 2.84. The van der Waals surface area contributed by atoms with Crippen LogP contribution in [-0.2, 0) is 4.79 Å². The van der Waals surface area contributed by atoms with Gasteiger partial charge in [0.05, 0.1) is 22.2 Å². The molecule has 2 aromatic carbocycles. The first kappa shape index (κ1) is 25.5. The number of amides is 1. The van der Waals surface area contributed by atoms with E-state index in [0.29, 0.717) is 29.0 Å². The van der Waals surface area contributed by atoms with Crippen LogP contribution < -0.4 is 5.32 Å². The van der Waals surface area contributed by atoms with Crippen LogP contribution in [-0.4, -0.2) is 42.3 Å². The highest BCUT2D eigenvalue weighted by Crippen LogP contribution is 2.30. The summed E-state index contributed by atoms with van der Waals surface area (Å²) in [4.78, 5) is 27.6. The normalized spacial score (nSPS) is 15.7. The lowest BCUT2D eigenvalue weighted by Crippen LogP contribution is -2.42. The Morgan fingerprint density at radius 1 is 1.09 bits per heavy atom. The van der Waals surface area contributed by atoms with E-state index in [1.165, 1.54) is 5.56 Å². The van der Waals surface area contributed by atoms with Crippen molar-refractivity contribution >= 4 is 34.9 Å². The lowest BCUT2D eigenvalue weighted by atomic mass is 9.88. The van der Waals surface area contributed by atoms with E-state index in [1.54, 1.807) is 18.2 Å². The van der Waals surface area contributed by atoms with Crippen molar-refractivity contribution in [3.63, 3.8) is 0 Å². The number of carbonyl (C=O) groups is 2. The zero-order chi connectivity index (χ0) is 23.8. The van der Waals surface area contributed by atoms with Crippen molar-refractivity contribution in [2.45, 2.75) is 51.0 Å². The number of halogens is 2. The van der Waals surface area contributed by atoms with Gasteiger partial charge in [0, 0.05) is 6.04 Å². The third-order valence-corrected chi connectivity index (χ3v) is 7.24. The maximum absolute atomic E-state index is 12.7. The van der Waals surface area contributed by atoms with Crippen molar-refractivity contribution in [1.82, 2.24) is 10.2 Å². The highest BCUT2D eigenvalue weighted by Gasteiger charge is 2.27. The van der Waals surface area contributed by atoms with E-state index in [-0.39, 0.29) is 22.9 Å². The standard InChI is InChI=1S/C27H32Cl2N2O2/c1-3-8-22(31-15-13-21(14-16-31)20-9-5-4-6-10-20)17-19(2)25(32)18-30-27(33)23-11-7-12-24(28)26(23)29/h4-7,9-12,21-22H,2-3,8,13-18H2,1H3,(H,30,33). The Balaban J connectivity index is 1.51. The van der Waals surface area contributed by atoms with Gasteiger partial charge >= 0.3 is 0 Å². The second-order valence-electron chi connectivity index (χ2n) is 8.68. The van der Waals surface area contributed by atoms with E-state index in [4.69, 9.17) is 23.2 Å². The fourth-order valence-corrected chi connectivity index (χ4v) is 4.91. The van der Waals surface area contributed by atoms with Gasteiger partial charge in [-0.05, 0) is 68.0 Å². The fourth-order valence-electron chi connectivity index (χ4n) is 4.53. The number of Topliss-reactive ketones (excluding diaryl/α,β-unsaturated/α-hetero) is 1. The van der Waals surface area contributed by atoms with Crippen molar-refractivity contribution in [3.8, 4) is 0 Å². The van der Waals surface area contributed by atoms with E-state index in [0.717, 1.165) is 38.8 Å². The van der Waals surface area contributed by atoms with E-state index in [2.05, 4.69) is 54.1 Å². The number of piperidine rings is 1. The van der Waals surface area contributed by atoms with Crippen molar-refractivity contribution < 1.29 is 9.59 Å². The molecule has 0 bridgehead atoms. The first-order valence-electron chi connectivity index (χ1n) is 11.6. The Hall–Kier alpha value is -2.14. The fraction of sp³-hybridized carbons (Fsp3) is 0.407. The van der Waals surface area contributed by atoms with Crippen LogP contribution in [0.5, 0.6) is 0 Å². The number of rotatable bonds is 10. The van der Waals surface area contributed by atoms with Gasteiger partial charge in [-0.2, -0.15) is 0 Å². The van der Waals surface area contributed by atoms with Crippen LogP contribution in [0.2, 0.25) is 10.0 Å². The maximum atomic E-state index is 12.7. The summed E-state index contributed by atoms with van der Waals surface area (Å²) in [5.74, 6) is 0.0293. The van der Waals surface area contributed by atoms with Gasteiger partial charge in [0.2, 0.25) is 0 Å². The summed E-state index contributed by atoms with van der Waals surface area (Å²) in [5, 5.41) is 3.14. The number of benzene rings is 2. The first-order valence-corrected chi connectivity index (χ1v) is 12.4. The predicted molar refractivity (Wildman–Crippen MR) is 136 cm³/mol. The van der Waals surface area contributed by atoms with Crippen LogP contribution in [0, 0.1) is 0 Å². The maximum Gasteiger partial charge on any atom is 0.253 e. The molecule has 4 nitrogen and oxygen atoms in total. The molecule has 1 saturated heterocycles. The summed E-state index contributed by atoms with van der Waals surface area (Å²) >= 11 is 12.1. The summed E-state index contributed by atoms with van der Waals surface area (Å²) in [6, 6.07) is 15.9. The molecular formula is C27H32Cl2N2O2. The van der Waals surface area contributed by atoms with Crippen molar-refractivity contribution in [2.75, 3.05) is 19.6 Å². The second-order valence-corrected chi connectivity index (χ2v) is 9.46. The zero-order valence-corrected chi connectivity index (χ0v) is 20.7. The zero-order valence-electron chi connectivity index (χ0n) is 19.2. The van der Waals surface area contributed by atoms with Gasteiger partial charge in [-0.15, -0.1) is 0 Å². The van der Waals surface area contributed by atoms with E-state index >= 15 is 0 Å². The lowest BCUT2D eigenvalue weighted by molar-refractivity contribution is -0.115. The van der Waals surface area contributed by atoms with Crippen molar-refractivity contribution in [1.29, 1.82) is 0 Å². The predicted octanol–water partition coefficient (Wildman–Crippen LogP) is 6.29. The summed E-state index contributed by atoms with van der Waals surface area (Å²) in [6.07, 6.45) is 4.94. The monoisotopic (exact) mass is 486 g/mol. The number of hydrogen-bond donors (Lipinski definition) is 1. The van der Waals surface area contributed by atoms with Crippen LogP contribution in [0.25, 0.3) is 0 Å². The quantitative estimate of drug-likeness (QED) is 0.401. The minimum Gasteiger partial charge on any atom is -0.345 e. The minimum atomic E-state index is -0.420. The number of hydrogen-bond acceptors (Lipinski definition) is 3. The van der Waals surface area contributed by atoms with Crippen molar-refractivity contribution in [2.24, 2.45) is 0 Å². The first-order chi connectivity index (χ1) is 15.9. The molecule has 33 heavy (non-hydrogen) atoms. The van der Waals surface area contributed by atoms with E-state index in [1.807, 2.05) is 0 Å². The molecule has 1 atom stereocenters. The number of nitrogens with zero attached hydrogens (tertiary/aromatic N) is 1. The number of ketones is 1. The third-order valence-electron chi connectivity index (χ3n) is 6.42. The van der Waals surface area contributed by atoms with Crippen LogP contribution in [0.15, 0.2) is 60.7 Å². The van der Waals surface area contributed by atoms with Crippen LogP contribution >= 0.6 is 23.2 Å². The molecule has 1 aliphatic rings. The molecule has 1 aliphatic heterocycles. The molecule has 1 heterocycles. The molecule has 0 saturated carbocycles. The van der Waals surface area contributed by atoms with Gasteiger partial charge in [0.15, 0.2) is 5.78 Å². The van der Waals surface area contributed by atoms with Crippen LogP contribution in [0.1, 0.15) is 60.9 Å². The molecule has 176 valence electrons. The molecule has 0 spiro atoms. The van der Waals surface area contributed by atoms with E-state index < -0.39 is 5.91 Å². The summed E-state index contributed by atoms with van der Waals surface area (Å²) in [5.41, 5.74) is 2.23. The van der Waals surface area contributed by atoms with Gasteiger partial charge in [0.1, 0.15) is 0 Å². The van der Waals surface area contributed by atoms with Gasteiger partial charge in [0.25, 0.3) is 5.91 Å². The summed E-state index contributed by atoms with van der Waals surface area (Å²) in [7, 11) is 0. The summed E-state index contributed by atoms with van der Waals surface area (Å²) in [6.45, 7) is 8.16. The topological polar surface area (TPSA) is 49.4 Å². The van der Waals surface area contributed by atoms with Gasteiger partial charge in [-0.3, -0.25) is 9.59 Å². The summed E-state index contributed by atoms with van der Waals surface area (Å²) < 4.78 is 0. The molecule has 1 N–H and O–H groups in total. The molecule has 3 rings (SSSR count). The highest BCUT2D eigenvalue weighted by atomic mass is 35.5. The highest BCUT2D eigenvalue weighted by molar-refractivity contribution is 6.43. The number of carbonyl (C=O) groups excluding carboxylic acids is 2. The Bertz CT molecular complexity index is 969. The van der Waals surface area contributed by atoms with Gasteiger partial charge in [-0.25, -0.2) is 0 Å². The molecule has 0 aromatic heterocycles. The van der Waals surface area contributed by atoms with Crippen molar-refractivity contribution in [3.05, 3.63) is 81.9 Å². The average molecular weight is 487 g/mol. The number of likely N-dealkylation sites (tertiary alicyclic amines) is 1. The van der Waals surface area contributed by atoms with Crippen LogP contribution in [0.3, 0.4) is 0 Å². The Morgan fingerprint density at radius 3 is 2.45 bits per heavy atom. The molecule has 1 fully saturated rings. The molecule has 6 heteroatoms. The Morgan fingerprint density at radius 2 is 1.79 bits per heavy atom. The Labute approximate surface area is 207 Å². The molecule has 2 aromatic rings. The Kier molecular flexibility index (Phi) is 9.54. The van der Waals surface area contributed by atoms with Gasteiger partial charge in [-0.1, -0.05) is 79.5 Å². The van der Waals surface area contributed by atoms with Gasteiger partial charge < -0.3 is 10.2 Å². The smallest absolute Gasteiger partial charge is 0.253 e. The molecule has 0 radical (unpaired) electrons.